The summed E-state index contributed by atoms with van der Waals surface area (Å²) in [5.41, 5.74) is 2.24. The number of carbonyl (C=O) groups is 1. The van der Waals surface area contributed by atoms with Crippen molar-refractivity contribution < 1.29 is 13.6 Å². The monoisotopic (exact) mass is 365 g/mol. The molecule has 0 atom stereocenters. The van der Waals surface area contributed by atoms with E-state index in [0.717, 1.165) is 0 Å². The van der Waals surface area contributed by atoms with Crippen LogP contribution in [0.4, 0.5) is 5.69 Å². The first-order valence-corrected chi connectivity index (χ1v) is 8.11. The summed E-state index contributed by atoms with van der Waals surface area (Å²) in [5.74, 6) is 0.649. The number of carbonyl (C=O) groups excluding carboxylic acids is 1. The van der Waals surface area contributed by atoms with Crippen LogP contribution in [0.25, 0.3) is 28.8 Å². The molecule has 0 aliphatic carbocycles. The number of pyridine rings is 1. The van der Waals surface area contributed by atoms with E-state index in [1.54, 1.807) is 54.7 Å². The number of halogens is 1. The van der Waals surface area contributed by atoms with E-state index in [9.17, 15) is 4.79 Å². The number of anilines is 1. The average molecular weight is 366 g/mol. The van der Waals surface area contributed by atoms with Crippen molar-refractivity contribution in [2.75, 3.05) is 5.32 Å². The molecule has 1 N–H and O–H groups in total. The highest BCUT2D eigenvalue weighted by Crippen LogP contribution is 2.30. The molecule has 1 aromatic carbocycles. The fourth-order valence-corrected chi connectivity index (χ4v) is 2.53. The molecule has 0 bridgehead atoms. The standard InChI is InChI=1S/C19H12ClN3O3/c20-14-7-5-12(19-23-18-16(26-19)4-1-9-21-18)11-15(14)22-17(24)8-6-13-3-2-10-25-13/h1-11H,(H,22,24)/b8-6-. The van der Waals surface area contributed by atoms with Crippen molar-refractivity contribution in [2.45, 2.75) is 0 Å². The second-order valence-corrected chi connectivity index (χ2v) is 5.78. The third-order valence-electron chi connectivity index (χ3n) is 3.58. The van der Waals surface area contributed by atoms with E-state index in [0.29, 0.717) is 39.2 Å². The predicted molar refractivity (Wildman–Crippen MR) is 98.6 cm³/mol. The lowest BCUT2D eigenvalue weighted by molar-refractivity contribution is -0.111. The molecule has 26 heavy (non-hydrogen) atoms. The maximum absolute atomic E-state index is 12.1. The summed E-state index contributed by atoms with van der Waals surface area (Å²) in [5, 5.41) is 3.14. The Bertz CT molecular complexity index is 1070. The molecule has 0 aliphatic heterocycles. The Labute approximate surface area is 153 Å². The van der Waals surface area contributed by atoms with Crippen LogP contribution in [0.3, 0.4) is 0 Å². The van der Waals surface area contributed by atoms with E-state index in [1.165, 1.54) is 12.3 Å². The van der Waals surface area contributed by atoms with E-state index in [4.69, 9.17) is 20.4 Å². The summed E-state index contributed by atoms with van der Waals surface area (Å²) < 4.78 is 10.8. The third-order valence-corrected chi connectivity index (χ3v) is 3.91. The average Bonchev–Trinajstić information content (AvgIpc) is 3.31. The topological polar surface area (TPSA) is 81.2 Å². The second-order valence-electron chi connectivity index (χ2n) is 5.38. The van der Waals surface area contributed by atoms with Crippen LogP contribution >= 0.6 is 11.6 Å². The molecule has 0 saturated carbocycles. The third kappa shape index (κ3) is 3.36. The number of furan rings is 1. The van der Waals surface area contributed by atoms with Crippen LogP contribution in [0, 0.1) is 0 Å². The molecule has 4 aromatic rings. The largest absolute Gasteiger partial charge is 0.465 e. The first-order chi connectivity index (χ1) is 12.7. The Hall–Kier alpha value is -3.38. The van der Waals surface area contributed by atoms with Gasteiger partial charge in [0.05, 0.1) is 17.0 Å². The van der Waals surface area contributed by atoms with Crippen LogP contribution in [-0.2, 0) is 4.79 Å². The molecule has 7 heteroatoms. The van der Waals surface area contributed by atoms with Crippen LogP contribution < -0.4 is 5.32 Å². The number of aromatic nitrogens is 2. The van der Waals surface area contributed by atoms with Gasteiger partial charge in [0, 0.05) is 17.8 Å². The van der Waals surface area contributed by atoms with Crippen molar-refractivity contribution in [1.82, 2.24) is 9.97 Å². The number of nitrogens with one attached hydrogen (secondary N) is 1. The highest BCUT2D eigenvalue weighted by Gasteiger charge is 2.12. The zero-order valence-corrected chi connectivity index (χ0v) is 14.1. The molecule has 0 fully saturated rings. The van der Waals surface area contributed by atoms with Gasteiger partial charge in [0.15, 0.2) is 11.2 Å². The Kier molecular flexibility index (Phi) is 4.25. The van der Waals surface area contributed by atoms with Gasteiger partial charge in [-0.2, -0.15) is 4.98 Å². The van der Waals surface area contributed by atoms with Gasteiger partial charge in [0.2, 0.25) is 11.8 Å². The van der Waals surface area contributed by atoms with Crippen LogP contribution in [-0.4, -0.2) is 15.9 Å². The van der Waals surface area contributed by atoms with E-state index in [1.807, 2.05) is 0 Å². The zero-order valence-electron chi connectivity index (χ0n) is 13.3. The maximum Gasteiger partial charge on any atom is 0.248 e. The van der Waals surface area contributed by atoms with Crippen molar-refractivity contribution in [2.24, 2.45) is 0 Å². The van der Waals surface area contributed by atoms with Gasteiger partial charge >= 0.3 is 0 Å². The lowest BCUT2D eigenvalue weighted by Crippen LogP contribution is -2.08. The second kappa shape index (κ2) is 6.85. The molecule has 3 aromatic heterocycles. The van der Waals surface area contributed by atoms with Crippen molar-refractivity contribution in [3.05, 3.63) is 71.8 Å². The summed E-state index contributed by atoms with van der Waals surface area (Å²) >= 11 is 6.19. The molecule has 3 heterocycles. The van der Waals surface area contributed by atoms with Gasteiger partial charge in [-0.3, -0.25) is 4.79 Å². The summed E-state index contributed by atoms with van der Waals surface area (Å²) in [4.78, 5) is 20.6. The molecule has 0 spiro atoms. The summed E-state index contributed by atoms with van der Waals surface area (Å²) in [6.07, 6.45) is 6.12. The highest BCUT2D eigenvalue weighted by atomic mass is 35.5. The minimum absolute atomic E-state index is 0.334. The van der Waals surface area contributed by atoms with Gasteiger partial charge in [0.1, 0.15) is 5.76 Å². The first-order valence-electron chi connectivity index (χ1n) is 7.73. The Morgan fingerprint density at radius 1 is 1.19 bits per heavy atom. The SMILES string of the molecule is O=C(/C=C\c1ccco1)Nc1cc(-c2nc3ncccc3o2)ccc1Cl. The summed E-state index contributed by atoms with van der Waals surface area (Å²) in [7, 11) is 0. The predicted octanol–water partition coefficient (Wildman–Crippen LogP) is 4.79. The summed E-state index contributed by atoms with van der Waals surface area (Å²) in [6.45, 7) is 0. The normalized spacial score (nSPS) is 11.3. The van der Waals surface area contributed by atoms with Crippen LogP contribution in [0.2, 0.25) is 5.02 Å². The van der Waals surface area contributed by atoms with Crippen molar-refractivity contribution in [1.29, 1.82) is 0 Å². The van der Waals surface area contributed by atoms with Crippen molar-refractivity contribution in [3.63, 3.8) is 0 Å². The van der Waals surface area contributed by atoms with E-state index < -0.39 is 0 Å². The molecule has 1 amide bonds. The van der Waals surface area contributed by atoms with Gasteiger partial charge in [0.25, 0.3) is 0 Å². The number of benzene rings is 1. The number of nitrogens with zero attached hydrogens (tertiary/aromatic N) is 2. The number of oxazole rings is 1. The number of hydrogen-bond donors (Lipinski definition) is 1. The van der Waals surface area contributed by atoms with E-state index in [-0.39, 0.29) is 5.91 Å². The van der Waals surface area contributed by atoms with Crippen LogP contribution in [0.1, 0.15) is 5.76 Å². The molecule has 0 unspecified atom stereocenters. The number of fused-ring (bicyclic) bond motifs is 1. The van der Waals surface area contributed by atoms with Crippen LogP contribution in [0.15, 0.2) is 69.8 Å². The minimum atomic E-state index is -0.334. The maximum atomic E-state index is 12.1. The fourth-order valence-electron chi connectivity index (χ4n) is 2.36. The lowest BCUT2D eigenvalue weighted by atomic mass is 10.2. The summed E-state index contributed by atoms with van der Waals surface area (Å²) in [6, 6.07) is 12.2. The molecule has 128 valence electrons. The molecule has 0 aliphatic rings. The molecular formula is C19H12ClN3O3. The van der Waals surface area contributed by atoms with Gasteiger partial charge in [-0.15, -0.1) is 0 Å². The van der Waals surface area contributed by atoms with E-state index in [2.05, 4.69) is 15.3 Å². The Balaban J connectivity index is 1.58. The fraction of sp³-hybridized carbons (Fsp3) is 0. The Morgan fingerprint density at radius 2 is 2.12 bits per heavy atom. The molecule has 4 rings (SSSR count). The highest BCUT2D eigenvalue weighted by molar-refractivity contribution is 6.34. The number of hydrogen-bond acceptors (Lipinski definition) is 5. The van der Waals surface area contributed by atoms with E-state index >= 15 is 0 Å². The van der Waals surface area contributed by atoms with Crippen LogP contribution in [0.5, 0.6) is 0 Å². The van der Waals surface area contributed by atoms with Crippen molar-refractivity contribution in [3.8, 4) is 11.5 Å². The Morgan fingerprint density at radius 3 is 2.92 bits per heavy atom. The van der Waals surface area contributed by atoms with Gasteiger partial charge in [-0.1, -0.05) is 11.6 Å². The van der Waals surface area contributed by atoms with Crippen molar-refractivity contribution >= 4 is 40.5 Å². The quantitative estimate of drug-likeness (QED) is 0.526. The first kappa shape index (κ1) is 16.1. The zero-order chi connectivity index (χ0) is 17.9. The number of rotatable bonds is 4. The molecule has 0 radical (unpaired) electrons. The molecule has 6 nitrogen and oxygen atoms in total. The molecular weight excluding hydrogens is 354 g/mol. The smallest absolute Gasteiger partial charge is 0.248 e. The van der Waals surface area contributed by atoms with Gasteiger partial charge in [-0.05, 0) is 48.5 Å². The molecule has 0 saturated heterocycles. The van der Waals surface area contributed by atoms with Gasteiger partial charge < -0.3 is 14.2 Å². The van der Waals surface area contributed by atoms with Gasteiger partial charge in [-0.25, -0.2) is 4.98 Å². The lowest BCUT2D eigenvalue weighted by Gasteiger charge is -2.06. The number of amides is 1. The minimum Gasteiger partial charge on any atom is -0.465 e.